The smallest absolute Gasteiger partial charge is 0.0158 e. The summed E-state index contributed by atoms with van der Waals surface area (Å²) in [6.45, 7) is 59.9. The normalized spacial score (nSPS) is 14.9. The number of allylic oxidation sites excluding steroid dienone is 21. The van der Waals surface area contributed by atoms with Gasteiger partial charge in [-0.25, -0.2) is 0 Å². The zero-order chi connectivity index (χ0) is 53.8. The van der Waals surface area contributed by atoms with Crippen molar-refractivity contribution in [1.29, 1.82) is 0 Å². The predicted octanol–water partition coefficient (Wildman–Crippen LogP) is 21.4. The molecule has 0 aromatic heterocycles. The van der Waals surface area contributed by atoms with Gasteiger partial charge < -0.3 is 0 Å². The maximum Gasteiger partial charge on any atom is 0.0158 e. The van der Waals surface area contributed by atoms with Crippen LogP contribution in [0.5, 0.6) is 0 Å². The summed E-state index contributed by atoms with van der Waals surface area (Å²) < 4.78 is 0. The summed E-state index contributed by atoms with van der Waals surface area (Å²) in [6.07, 6.45) is 24.7. The lowest BCUT2D eigenvalue weighted by Gasteiger charge is -2.28. The molecule has 0 heteroatoms. The van der Waals surface area contributed by atoms with Crippen LogP contribution in [0.25, 0.3) is 16.7 Å². The van der Waals surface area contributed by atoms with Crippen molar-refractivity contribution in [3.05, 3.63) is 293 Å². The van der Waals surface area contributed by atoms with Crippen LogP contribution in [0, 0.1) is 33.6 Å². The number of hydrogen-bond donors (Lipinski definition) is 0. The molecule has 1 aliphatic carbocycles. The second kappa shape index (κ2) is 32.2. The molecular weight excluding hydrogens is 853 g/mol. The molecule has 0 saturated heterocycles. The minimum Gasteiger partial charge on any atom is -0.103 e. The molecule has 0 radical (unpaired) electrons. The van der Waals surface area contributed by atoms with E-state index >= 15 is 0 Å². The Kier molecular flexibility index (Phi) is 28.2. The zero-order valence-corrected chi connectivity index (χ0v) is 46.9. The third-order valence-electron chi connectivity index (χ3n) is 12.9. The number of fused-ring (bicyclic) bond motifs is 1. The average molecular weight is 944 g/mol. The van der Waals surface area contributed by atoms with Crippen LogP contribution in [0.2, 0.25) is 0 Å². The number of hydrogen-bond acceptors (Lipinski definition) is 0. The van der Waals surface area contributed by atoms with Crippen LogP contribution in [0.15, 0.2) is 243 Å². The van der Waals surface area contributed by atoms with E-state index in [9.17, 15) is 0 Å². The highest BCUT2D eigenvalue weighted by Gasteiger charge is 2.38. The van der Waals surface area contributed by atoms with Gasteiger partial charge in [0.05, 0.1) is 0 Å². The molecule has 0 nitrogen and oxygen atoms in total. The number of rotatable bonds is 15. The predicted molar refractivity (Wildman–Crippen MR) is 325 cm³/mol. The highest BCUT2D eigenvalue weighted by Crippen LogP contribution is 2.50. The molecule has 0 fully saturated rings. The van der Waals surface area contributed by atoms with E-state index in [4.69, 9.17) is 0 Å². The SMILES string of the molecule is C=C/C=C(/C)C=C.C=C/C=C(\C=C/C)c1cccc(C)c1.C=CC/C(C=C)=C(C)\C=C1/C(=C)c2ccc(C(C)C(C)C(=C/C)/C(C=C)=C(\C)c3ccccc3C)cc2C1(C)C.CC.Cc1cccc(C)c1. The molecule has 5 rings (SSSR count). The number of aryl methyl sites for hydroxylation is 4. The lowest BCUT2D eigenvalue weighted by molar-refractivity contribution is 0.564. The van der Waals surface area contributed by atoms with Crippen LogP contribution >= 0.6 is 0 Å². The topological polar surface area (TPSA) is 0 Å². The first-order valence-electron chi connectivity index (χ1n) is 25.3. The van der Waals surface area contributed by atoms with Gasteiger partial charge in [0.1, 0.15) is 0 Å². The summed E-state index contributed by atoms with van der Waals surface area (Å²) >= 11 is 0. The van der Waals surface area contributed by atoms with Crippen molar-refractivity contribution in [2.24, 2.45) is 5.92 Å². The molecule has 0 aliphatic heterocycles. The van der Waals surface area contributed by atoms with Crippen molar-refractivity contribution in [1.82, 2.24) is 0 Å². The summed E-state index contributed by atoms with van der Waals surface area (Å²) in [6, 6.07) is 32.5. The monoisotopic (exact) mass is 943 g/mol. The quantitative estimate of drug-likeness (QED) is 0.0823. The second-order valence-electron chi connectivity index (χ2n) is 18.5. The average Bonchev–Trinajstić information content (AvgIpc) is 3.54. The van der Waals surface area contributed by atoms with Crippen molar-refractivity contribution in [2.45, 2.75) is 122 Å². The van der Waals surface area contributed by atoms with Crippen LogP contribution in [-0.4, -0.2) is 0 Å². The summed E-state index contributed by atoms with van der Waals surface area (Å²) in [5.74, 6) is 0.645. The molecule has 2 atom stereocenters. The van der Waals surface area contributed by atoms with Crippen LogP contribution in [0.4, 0.5) is 0 Å². The summed E-state index contributed by atoms with van der Waals surface area (Å²) in [4.78, 5) is 0. The molecule has 374 valence electrons. The first kappa shape index (κ1) is 62.3. The van der Waals surface area contributed by atoms with E-state index < -0.39 is 0 Å². The maximum absolute atomic E-state index is 4.53. The summed E-state index contributed by atoms with van der Waals surface area (Å²) in [5.41, 5.74) is 22.6. The van der Waals surface area contributed by atoms with E-state index in [0.717, 1.165) is 17.6 Å². The highest BCUT2D eigenvalue weighted by molar-refractivity contribution is 5.89. The van der Waals surface area contributed by atoms with E-state index in [1.807, 2.05) is 70.2 Å². The van der Waals surface area contributed by atoms with Gasteiger partial charge >= 0.3 is 0 Å². The van der Waals surface area contributed by atoms with E-state index in [1.54, 1.807) is 12.2 Å². The molecule has 1 aliphatic rings. The van der Waals surface area contributed by atoms with Gasteiger partial charge in [-0.1, -0.05) is 267 Å². The Bertz CT molecular complexity index is 2660. The Morgan fingerprint density at radius 2 is 1.27 bits per heavy atom. The zero-order valence-electron chi connectivity index (χ0n) is 46.9. The third-order valence-corrected chi connectivity index (χ3v) is 12.9. The van der Waals surface area contributed by atoms with Gasteiger partial charge in [0.25, 0.3) is 0 Å². The molecule has 0 amide bonds. The van der Waals surface area contributed by atoms with Crippen LogP contribution < -0.4 is 0 Å². The van der Waals surface area contributed by atoms with Gasteiger partial charge in [0.15, 0.2) is 0 Å². The lowest BCUT2D eigenvalue weighted by Crippen LogP contribution is -2.17. The maximum atomic E-state index is 4.53. The first-order valence-corrected chi connectivity index (χ1v) is 25.3. The Hall–Kier alpha value is -6.76. The molecule has 2 unspecified atom stereocenters. The van der Waals surface area contributed by atoms with Gasteiger partial charge in [0, 0.05) is 5.41 Å². The first-order chi connectivity index (χ1) is 33.8. The van der Waals surface area contributed by atoms with Gasteiger partial charge in [-0.05, 0) is 159 Å². The van der Waals surface area contributed by atoms with E-state index in [1.165, 1.54) is 89.1 Å². The fourth-order valence-corrected chi connectivity index (χ4v) is 8.72. The number of benzene rings is 4. The molecule has 0 N–H and O–H groups in total. The third kappa shape index (κ3) is 18.5. The molecule has 0 saturated carbocycles. The van der Waals surface area contributed by atoms with Gasteiger partial charge in [0.2, 0.25) is 0 Å². The Balaban J connectivity index is 0.000000652. The lowest BCUT2D eigenvalue weighted by atomic mass is 9.76. The largest absolute Gasteiger partial charge is 0.103 e. The molecule has 71 heavy (non-hydrogen) atoms. The Morgan fingerprint density at radius 3 is 1.73 bits per heavy atom. The van der Waals surface area contributed by atoms with Crippen LogP contribution in [-0.2, 0) is 5.41 Å². The highest BCUT2D eigenvalue weighted by atomic mass is 14.4. The molecular formula is C71H90. The van der Waals surface area contributed by atoms with Gasteiger partial charge in [-0.3, -0.25) is 0 Å². The van der Waals surface area contributed by atoms with Crippen molar-refractivity contribution >= 4 is 16.7 Å². The molecule has 0 heterocycles. The molecule has 4 aromatic rings. The minimum atomic E-state index is -0.135. The summed E-state index contributed by atoms with van der Waals surface area (Å²) in [7, 11) is 0. The van der Waals surface area contributed by atoms with Crippen LogP contribution in [0.1, 0.15) is 139 Å². The van der Waals surface area contributed by atoms with E-state index in [0.29, 0.717) is 11.8 Å². The summed E-state index contributed by atoms with van der Waals surface area (Å²) in [5, 5.41) is 0. The standard InChI is InChI=1S/C40H48.C14H16.C8H10.C7H10.C2H6/c1-13-19-32(14-2)27(6)24-38-31(10)37-23-22-33(25-39(37)40(38,11)12)28(7)29(8)34(15-3)35(16-4)30(9)36-21-18-17-20-26(36)5;1-4-7-13(8-5-2)14-10-6-9-12(3)11-14;1-7-4-3-5-8(2)6-7;1-4-6-7(3)5-2;1-2/h13-18,20-25,28-29H,1-2,4,10,19H2,3,5-9,11-12H3;4-11H,1H2,2-3H3;3-6H,1-2H3;4-6H,1-2H2,3H3;1-2H3/b32-27-,34-15-,35-30+,38-24+;8-5-,13-7+;;7-6-;. The van der Waals surface area contributed by atoms with Crippen molar-refractivity contribution in [2.75, 3.05) is 0 Å². The van der Waals surface area contributed by atoms with Crippen molar-refractivity contribution in [3.63, 3.8) is 0 Å². The van der Waals surface area contributed by atoms with Gasteiger partial charge in [-0.15, -0.1) is 6.58 Å². The fourth-order valence-electron chi connectivity index (χ4n) is 8.72. The minimum absolute atomic E-state index is 0.135. The molecule has 4 aromatic carbocycles. The van der Waals surface area contributed by atoms with E-state index in [-0.39, 0.29) is 5.41 Å². The van der Waals surface area contributed by atoms with Crippen LogP contribution in [0.3, 0.4) is 0 Å². The Labute approximate surface area is 435 Å². The molecule has 0 spiro atoms. The molecule has 0 bridgehead atoms. The van der Waals surface area contributed by atoms with Gasteiger partial charge in [-0.2, -0.15) is 0 Å². The van der Waals surface area contributed by atoms with Crippen molar-refractivity contribution < 1.29 is 0 Å². The second-order valence-corrected chi connectivity index (χ2v) is 18.5. The van der Waals surface area contributed by atoms with Crippen molar-refractivity contribution in [3.8, 4) is 0 Å². The van der Waals surface area contributed by atoms with E-state index in [2.05, 4.69) is 231 Å². The fraction of sp³-hybridized carbons (Fsp3) is 0.268. The Morgan fingerprint density at radius 1 is 0.676 bits per heavy atom.